The molecule has 1 fully saturated rings. The summed E-state index contributed by atoms with van der Waals surface area (Å²) >= 11 is 5.75. The molecule has 2 amide bonds. The number of nitro groups is 1. The molecule has 3 atom stereocenters. The molecule has 1 saturated heterocycles. The standard InChI is InChI=1S/C24H19ClN2O7/c1-13-4-2-7-17-21(13)23(30)26(22(17)29)16-6-3-5-15(10-16)24(31)34-12-20(28)14-8-9-18(25)19(11-14)27(32)33/h2-6,8-11,13,17,21H,7,12H2,1H3. The molecule has 2 aromatic rings. The minimum atomic E-state index is -0.842. The maximum Gasteiger partial charge on any atom is 0.338 e. The van der Waals surface area contributed by atoms with E-state index < -0.39 is 40.8 Å². The summed E-state index contributed by atoms with van der Waals surface area (Å²) in [5, 5.41) is 10.9. The van der Waals surface area contributed by atoms with Crippen LogP contribution in [0.2, 0.25) is 5.02 Å². The Morgan fingerprint density at radius 3 is 2.62 bits per heavy atom. The van der Waals surface area contributed by atoms with E-state index in [1.807, 2.05) is 19.1 Å². The van der Waals surface area contributed by atoms with Crippen LogP contribution in [0, 0.1) is 27.9 Å². The predicted molar refractivity (Wildman–Crippen MR) is 122 cm³/mol. The fourth-order valence-electron chi connectivity index (χ4n) is 4.30. The molecule has 1 aliphatic heterocycles. The predicted octanol–water partition coefficient (Wildman–Crippen LogP) is 3.99. The van der Waals surface area contributed by atoms with E-state index in [0.29, 0.717) is 6.42 Å². The van der Waals surface area contributed by atoms with Gasteiger partial charge in [-0.15, -0.1) is 0 Å². The molecule has 0 radical (unpaired) electrons. The normalized spacial score (nSPS) is 21.4. The monoisotopic (exact) mass is 482 g/mol. The van der Waals surface area contributed by atoms with Crippen molar-refractivity contribution in [2.24, 2.45) is 17.8 Å². The second kappa shape index (κ2) is 9.18. The highest BCUT2D eigenvalue weighted by molar-refractivity contribution is 6.32. The Bertz CT molecular complexity index is 1260. The summed E-state index contributed by atoms with van der Waals surface area (Å²) in [6.07, 6.45) is 4.32. The van der Waals surface area contributed by atoms with Crippen LogP contribution in [0.4, 0.5) is 11.4 Å². The molecular weight excluding hydrogens is 464 g/mol. The zero-order valence-corrected chi connectivity index (χ0v) is 18.7. The molecule has 1 heterocycles. The minimum absolute atomic E-state index is 0.0313. The molecule has 34 heavy (non-hydrogen) atoms. The number of ether oxygens (including phenoxy) is 1. The molecule has 0 N–H and O–H groups in total. The van der Waals surface area contributed by atoms with Crippen LogP contribution in [0.25, 0.3) is 0 Å². The molecule has 0 saturated carbocycles. The second-order valence-corrected chi connectivity index (χ2v) is 8.55. The summed E-state index contributed by atoms with van der Waals surface area (Å²) in [5.41, 5.74) is -0.160. The number of nitrogens with zero attached hydrogens (tertiary/aromatic N) is 2. The summed E-state index contributed by atoms with van der Waals surface area (Å²) in [5.74, 6) is -3.04. The Balaban J connectivity index is 1.47. The van der Waals surface area contributed by atoms with Gasteiger partial charge in [-0.25, -0.2) is 4.79 Å². The van der Waals surface area contributed by atoms with E-state index in [0.717, 1.165) is 11.0 Å². The molecule has 0 spiro atoms. The van der Waals surface area contributed by atoms with Crippen LogP contribution < -0.4 is 4.90 Å². The molecule has 3 unspecified atom stereocenters. The van der Waals surface area contributed by atoms with E-state index in [9.17, 15) is 29.3 Å². The maximum absolute atomic E-state index is 13.0. The number of ketones is 1. The average molecular weight is 483 g/mol. The number of anilines is 1. The number of halogens is 1. The number of fused-ring (bicyclic) bond motifs is 1. The van der Waals surface area contributed by atoms with Crippen molar-refractivity contribution in [2.45, 2.75) is 13.3 Å². The van der Waals surface area contributed by atoms with Crippen LogP contribution >= 0.6 is 11.6 Å². The Hall–Kier alpha value is -3.85. The number of imide groups is 1. The average Bonchev–Trinajstić information content (AvgIpc) is 3.08. The van der Waals surface area contributed by atoms with Gasteiger partial charge in [0.25, 0.3) is 5.69 Å². The lowest BCUT2D eigenvalue weighted by Crippen LogP contribution is -2.31. The molecule has 174 valence electrons. The lowest BCUT2D eigenvalue weighted by Gasteiger charge is -2.22. The van der Waals surface area contributed by atoms with Crippen molar-refractivity contribution in [1.82, 2.24) is 0 Å². The first kappa shape index (κ1) is 23.3. The highest BCUT2D eigenvalue weighted by Crippen LogP contribution is 2.40. The highest BCUT2D eigenvalue weighted by atomic mass is 35.5. The van der Waals surface area contributed by atoms with Gasteiger partial charge in [0.05, 0.1) is 28.0 Å². The largest absolute Gasteiger partial charge is 0.454 e. The van der Waals surface area contributed by atoms with Crippen molar-refractivity contribution < 1.29 is 28.8 Å². The quantitative estimate of drug-likeness (QED) is 0.152. The third-order valence-electron chi connectivity index (χ3n) is 6.01. The van der Waals surface area contributed by atoms with E-state index in [4.69, 9.17) is 16.3 Å². The molecule has 2 aromatic carbocycles. The lowest BCUT2D eigenvalue weighted by molar-refractivity contribution is -0.384. The second-order valence-electron chi connectivity index (χ2n) is 8.14. The van der Waals surface area contributed by atoms with Crippen LogP contribution in [0.1, 0.15) is 34.1 Å². The number of rotatable bonds is 6. The van der Waals surface area contributed by atoms with Gasteiger partial charge >= 0.3 is 5.97 Å². The third-order valence-corrected chi connectivity index (χ3v) is 6.33. The van der Waals surface area contributed by atoms with Gasteiger partial charge in [0.15, 0.2) is 6.61 Å². The highest BCUT2D eigenvalue weighted by Gasteiger charge is 2.50. The van der Waals surface area contributed by atoms with Crippen LogP contribution in [-0.2, 0) is 14.3 Å². The van der Waals surface area contributed by atoms with E-state index >= 15 is 0 Å². The molecular formula is C24H19ClN2O7. The van der Waals surface area contributed by atoms with Crippen molar-refractivity contribution in [2.75, 3.05) is 11.5 Å². The summed E-state index contributed by atoms with van der Waals surface area (Å²) in [7, 11) is 0. The van der Waals surface area contributed by atoms with E-state index in [-0.39, 0.29) is 39.6 Å². The zero-order chi connectivity index (χ0) is 24.6. The number of nitro benzene ring substituents is 1. The number of carbonyl (C=O) groups is 4. The van der Waals surface area contributed by atoms with E-state index in [2.05, 4.69) is 0 Å². The van der Waals surface area contributed by atoms with Gasteiger partial charge in [0, 0.05) is 11.6 Å². The van der Waals surface area contributed by atoms with Gasteiger partial charge in [0.1, 0.15) is 5.02 Å². The molecule has 9 nitrogen and oxygen atoms in total. The van der Waals surface area contributed by atoms with Crippen LogP contribution in [-0.4, -0.2) is 35.1 Å². The Labute approximate surface area is 199 Å². The molecule has 4 rings (SSSR count). The van der Waals surface area contributed by atoms with Crippen molar-refractivity contribution in [3.8, 4) is 0 Å². The first-order valence-corrected chi connectivity index (χ1v) is 10.9. The third kappa shape index (κ3) is 4.22. The van der Waals surface area contributed by atoms with Gasteiger partial charge in [-0.2, -0.15) is 0 Å². The van der Waals surface area contributed by atoms with E-state index in [1.54, 1.807) is 6.07 Å². The van der Waals surface area contributed by atoms with Crippen molar-refractivity contribution in [1.29, 1.82) is 0 Å². The van der Waals surface area contributed by atoms with Crippen LogP contribution in [0.15, 0.2) is 54.6 Å². The van der Waals surface area contributed by atoms with Crippen LogP contribution in [0.3, 0.4) is 0 Å². The summed E-state index contributed by atoms with van der Waals surface area (Å²) in [6, 6.07) is 9.40. The number of benzene rings is 2. The number of amides is 2. The van der Waals surface area contributed by atoms with Gasteiger partial charge < -0.3 is 4.74 Å². The fourth-order valence-corrected chi connectivity index (χ4v) is 4.48. The summed E-state index contributed by atoms with van der Waals surface area (Å²) < 4.78 is 5.07. The number of Topliss-reactive ketones (excluding diaryl/α,β-unsaturated/α-hetero) is 1. The van der Waals surface area contributed by atoms with Gasteiger partial charge in [0.2, 0.25) is 17.6 Å². The Morgan fingerprint density at radius 2 is 1.91 bits per heavy atom. The lowest BCUT2D eigenvalue weighted by atomic mass is 9.78. The fraction of sp³-hybridized carbons (Fsp3) is 0.250. The SMILES string of the molecule is CC1C=CCC2C(=O)N(c3cccc(C(=O)OCC(=O)c4ccc(Cl)c([N+](=O)[O-])c4)c3)C(=O)C12. The van der Waals surface area contributed by atoms with Crippen molar-refractivity contribution >= 4 is 46.5 Å². The topological polar surface area (TPSA) is 124 Å². The first-order chi connectivity index (χ1) is 16.2. The summed E-state index contributed by atoms with van der Waals surface area (Å²) in [6.45, 7) is 1.23. The first-order valence-electron chi connectivity index (χ1n) is 10.5. The molecule has 0 bridgehead atoms. The van der Waals surface area contributed by atoms with Gasteiger partial charge in [-0.05, 0) is 42.7 Å². The molecule has 2 aliphatic rings. The summed E-state index contributed by atoms with van der Waals surface area (Å²) in [4.78, 5) is 62.2. The number of hydrogen-bond donors (Lipinski definition) is 0. The Kier molecular flexibility index (Phi) is 6.30. The van der Waals surface area contributed by atoms with Crippen LogP contribution in [0.5, 0.6) is 0 Å². The van der Waals surface area contributed by atoms with Gasteiger partial charge in [-0.1, -0.05) is 36.7 Å². The molecule has 10 heteroatoms. The van der Waals surface area contributed by atoms with Gasteiger partial charge in [-0.3, -0.25) is 29.4 Å². The van der Waals surface area contributed by atoms with Crippen molar-refractivity contribution in [3.63, 3.8) is 0 Å². The Morgan fingerprint density at radius 1 is 1.15 bits per heavy atom. The number of hydrogen-bond acceptors (Lipinski definition) is 7. The zero-order valence-electron chi connectivity index (χ0n) is 18.0. The smallest absolute Gasteiger partial charge is 0.338 e. The molecule has 1 aliphatic carbocycles. The number of allylic oxidation sites excluding steroid dienone is 2. The molecule has 0 aromatic heterocycles. The van der Waals surface area contributed by atoms with Crippen molar-refractivity contribution in [3.05, 3.63) is 80.9 Å². The number of esters is 1. The number of carbonyl (C=O) groups excluding carboxylic acids is 4. The maximum atomic E-state index is 13.0. The minimum Gasteiger partial charge on any atom is -0.454 e. The van der Waals surface area contributed by atoms with E-state index in [1.165, 1.54) is 30.3 Å².